The van der Waals surface area contributed by atoms with Crippen LogP contribution in [0.2, 0.25) is 0 Å². The van der Waals surface area contributed by atoms with Crippen LogP contribution >= 0.6 is 0 Å². The molecule has 30 heavy (non-hydrogen) atoms. The van der Waals surface area contributed by atoms with Crippen LogP contribution in [0, 0.1) is 0 Å². The predicted molar refractivity (Wildman–Crippen MR) is 128 cm³/mol. The van der Waals surface area contributed by atoms with E-state index < -0.39 is 10.1 Å². The fourth-order valence-corrected chi connectivity index (χ4v) is 4.85. The highest BCUT2D eigenvalue weighted by molar-refractivity contribution is 7.86. The molecule has 5 heteroatoms. The molecule has 0 aromatic carbocycles. The lowest BCUT2D eigenvalue weighted by Crippen LogP contribution is -2.11. The minimum Gasteiger partial charge on any atom is -0.270 e. The van der Waals surface area contributed by atoms with Gasteiger partial charge in [0.1, 0.15) is 0 Å². The van der Waals surface area contributed by atoms with E-state index in [1.54, 1.807) is 0 Å². The molecule has 0 aliphatic heterocycles. The minimum absolute atomic E-state index is 0.155. The lowest BCUT2D eigenvalue weighted by atomic mass is 10.1. The van der Waals surface area contributed by atoms with Crippen molar-refractivity contribution in [3.63, 3.8) is 0 Å². The fraction of sp³-hybridized carbons (Fsp3) is 1.00. The van der Waals surface area contributed by atoms with Gasteiger partial charge in [-0.05, 0) is 19.3 Å². The molecule has 0 rings (SSSR count). The Hall–Kier alpha value is -0.160. The van der Waals surface area contributed by atoms with Crippen LogP contribution in [0.1, 0.15) is 142 Å². The van der Waals surface area contributed by atoms with Gasteiger partial charge in [-0.3, -0.25) is 8.57 Å². The zero-order valence-corrected chi connectivity index (χ0v) is 20.8. The van der Waals surface area contributed by atoms with Crippen molar-refractivity contribution in [2.45, 2.75) is 142 Å². The molecule has 0 aromatic rings. The molecule has 0 atom stereocenters. The van der Waals surface area contributed by atoms with E-state index in [1.807, 2.05) is 0 Å². The molecular formula is C25H51FO3S. The summed E-state index contributed by atoms with van der Waals surface area (Å²) in [6, 6.07) is 0. The Morgan fingerprint density at radius 3 is 1.33 bits per heavy atom. The third kappa shape index (κ3) is 24.1. The Bertz CT molecular complexity index is 426. The summed E-state index contributed by atoms with van der Waals surface area (Å²) in [6.07, 6.45) is 24.3. The van der Waals surface area contributed by atoms with Crippen molar-refractivity contribution in [3.05, 3.63) is 0 Å². The number of unbranched alkanes of at least 4 members (excludes halogenated alkanes) is 19. The van der Waals surface area contributed by atoms with Crippen LogP contribution in [0.25, 0.3) is 0 Å². The summed E-state index contributed by atoms with van der Waals surface area (Å²) in [4.78, 5) is 0. The molecule has 0 spiro atoms. The first-order valence-electron chi connectivity index (χ1n) is 13.1. The van der Waals surface area contributed by atoms with Gasteiger partial charge < -0.3 is 0 Å². The van der Waals surface area contributed by atoms with E-state index in [4.69, 9.17) is 4.18 Å². The summed E-state index contributed by atoms with van der Waals surface area (Å²) in [5.41, 5.74) is 0. The number of hydrogen-bond donors (Lipinski definition) is 0. The number of alkyl halides is 1. The van der Waals surface area contributed by atoms with Crippen LogP contribution in [0.5, 0.6) is 0 Å². The molecule has 0 aromatic heterocycles. The number of halogens is 1. The summed E-state index contributed by atoms with van der Waals surface area (Å²) in [5, 5.41) is 0. The van der Waals surface area contributed by atoms with E-state index in [9.17, 15) is 12.8 Å². The third-order valence-corrected chi connectivity index (χ3v) is 7.10. The molecule has 0 unspecified atom stereocenters. The zero-order valence-electron chi connectivity index (χ0n) is 20.0. The normalized spacial score (nSPS) is 11.9. The second-order valence-corrected chi connectivity index (χ2v) is 10.6. The molecule has 0 bridgehead atoms. The van der Waals surface area contributed by atoms with Crippen molar-refractivity contribution < 1.29 is 17.0 Å². The van der Waals surface area contributed by atoms with Crippen molar-refractivity contribution >= 4 is 10.1 Å². The molecule has 0 aliphatic carbocycles. The van der Waals surface area contributed by atoms with E-state index in [1.165, 1.54) is 77.0 Å². The van der Waals surface area contributed by atoms with Gasteiger partial charge in [-0.1, -0.05) is 122 Å². The highest BCUT2D eigenvalue weighted by Gasteiger charge is 2.10. The van der Waals surface area contributed by atoms with Gasteiger partial charge in [0.2, 0.25) is 0 Å². The second-order valence-electron chi connectivity index (χ2n) is 8.84. The van der Waals surface area contributed by atoms with Gasteiger partial charge in [-0.2, -0.15) is 8.42 Å². The minimum atomic E-state index is -3.34. The third-order valence-electron chi connectivity index (χ3n) is 5.79. The van der Waals surface area contributed by atoms with Crippen LogP contribution in [0.3, 0.4) is 0 Å². The molecule has 0 amide bonds. The van der Waals surface area contributed by atoms with Gasteiger partial charge in [0.25, 0.3) is 10.1 Å². The monoisotopic (exact) mass is 450 g/mol. The van der Waals surface area contributed by atoms with Crippen molar-refractivity contribution in [2.24, 2.45) is 0 Å². The molecule has 0 N–H and O–H groups in total. The van der Waals surface area contributed by atoms with E-state index in [0.717, 1.165) is 44.9 Å². The molecule has 0 saturated heterocycles. The molecule has 182 valence electrons. The van der Waals surface area contributed by atoms with Crippen molar-refractivity contribution in [3.8, 4) is 0 Å². The maximum Gasteiger partial charge on any atom is 0.267 e. The number of rotatable bonds is 25. The average Bonchev–Trinajstić information content (AvgIpc) is 2.72. The smallest absolute Gasteiger partial charge is 0.267 e. The Labute approximate surface area is 188 Å². The van der Waals surface area contributed by atoms with Crippen LogP contribution in [-0.2, 0) is 14.3 Å². The second kappa shape index (κ2) is 23.5. The predicted octanol–water partition coefficient (Wildman–Crippen LogP) is 8.51. The molecular weight excluding hydrogens is 399 g/mol. The Kier molecular flexibility index (Phi) is 23.4. The summed E-state index contributed by atoms with van der Waals surface area (Å²) >= 11 is 0. The SMILES string of the molecule is CCCCCCCCCCCCCCOS(=O)(=O)CCCCCCCCCCCF. The van der Waals surface area contributed by atoms with Gasteiger partial charge in [0, 0.05) is 0 Å². The molecule has 3 nitrogen and oxygen atoms in total. The first kappa shape index (κ1) is 29.8. The molecule has 0 saturated carbocycles. The lowest BCUT2D eigenvalue weighted by molar-refractivity contribution is 0.305. The largest absolute Gasteiger partial charge is 0.270 e. The maximum absolute atomic E-state index is 12.0. The number of hydrogen-bond acceptors (Lipinski definition) is 3. The molecule has 0 heterocycles. The van der Waals surface area contributed by atoms with Crippen molar-refractivity contribution in [1.82, 2.24) is 0 Å². The Morgan fingerprint density at radius 1 is 0.533 bits per heavy atom. The van der Waals surface area contributed by atoms with Gasteiger partial charge in [-0.15, -0.1) is 0 Å². The topological polar surface area (TPSA) is 43.4 Å². The van der Waals surface area contributed by atoms with E-state index in [0.29, 0.717) is 19.4 Å². The highest BCUT2D eigenvalue weighted by Crippen LogP contribution is 2.13. The van der Waals surface area contributed by atoms with Crippen LogP contribution in [-0.4, -0.2) is 27.5 Å². The maximum atomic E-state index is 12.0. The van der Waals surface area contributed by atoms with Crippen molar-refractivity contribution in [1.29, 1.82) is 0 Å². The van der Waals surface area contributed by atoms with E-state index in [2.05, 4.69) is 6.92 Å². The molecule has 0 aliphatic rings. The zero-order chi connectivity index (χ0) is 22.2. The quantitative estimate of drug-likeness (QED) is 0.103. The highest BCUT2D eigenvalue weighted by atomic mass is 32.2. The average molecular weight is 451 g/mol. The van der Waals surface area contributed by atoms with Gasteiger partial charge >= 0.3 is 0 Å². The molecule has 0 radical (unpaired) electrons. The lowest BCUT2D eigenvalue weighted by Gasteiger charge is -2.06. The summed E-state index contributed by atoms with van der Waals surface area (Å²) in [5.74, 6) is 0.155. The van der Waals surface area contributed by atoms with Gasteiger partial charge in [0.15, 0.2) is 0 Å². The van der Waals surface area contributed by atoms with Gasteiger partial charge in [-0.25, -0.2) is 0 Å². The van der Waals surface area contributed by atoms with E-state index >= 15 is 0 Å². The standard InChI is InChI=1S/C25H51FO3S/c1-2-3-4-5-6-7-8-9-12-15-18-21-24-29-30(27,28)25-22-19-16-13-10-11-14-17-20-23-26/h2-25H2,1H3. The van der Waals surface area contributed by atoms with E-state index in [-0.39, 0.29) is 12.4 Å². The van der Waals surface area contributed by atoms with Crippen molar-refractivity contribution in [2.75, 3.05) is 19.0 Å². The summed E-state index contributed by atoms with van der Waals surface area (Å²) in [6.45, 7) is 2.40. The van der Waals surface area contributed by atoms with Crippen LogP contribution in [0.15, 0.2) is 0 Å². The first-order valence-corrected chi connectivity index (χ1v) is 14.6. The van der Waals surface area contributed by atoms with Crippen LogP contribution in [0.4, 0.5) is 4.39 Å². The summed E-state index contributed by atoms with van der Waals surface area (Å²) < 4.78 is 40.9. The Balaban J connectivity index is 3.31. The first-order chi connectivity index (χ1) is 14.6. The molecule has 0 fully saturated rings. The van der Waals surface area contributed by atoms with Crippen LogP contribution < -0.4 is 0 Å². The summed E-state index contributed by atoms with van der Waals surface area (Å²) in [7, 11) is -3.34. The van der Waals surface area contributed by atoms with Gasteiger partial charge in [0.05, 0.1) is 19.0 Å². The fourth-order valence-electron chi connectivity index (χ4n) is 3.80. The Morgan fingerprint density at radius 2 is 0.900 bits per heavy atom.